The van der Waals surface area contributed by atoms with Crippen LogP contribution in [0, 0.1) is 6.92 Å². The molecule has 3 rings (SSSR count). The molecule has 196 valence electrons. The maximum Gasteiger partial charge on any atom is 0.264 e. The molecule has 2 amide bonds. The average Bonchev–Trinajstić information content (AvgIpc) is 2.88. The van der Waals surface area contributed by atoms with Crippen molar-refractivity contribution in [2.75, 3.05) is 17.4 Å². The van der Waals surface area contributed by atoms with Crippen molar-refractivity contribution >= 4 is 50.7 Å². The Bertz CT molecular complexity index is 1350. The van der Waals surface area contributed by atoms with Crippen LogP contribution in [0.15, 0.2) is 77.7 Å². The molecule has 3 aromatic rings. The number of likely N-dealkylation sites (N-methyl/N-ethyl adjacent to an activating group) is 1. The maximum absolute atomic E-state index is 13.8. The summed E-state index contributed by atoms with van der Waals surface area (Å²) in [5.41, 5.74) is 1.86. The number of carbonyl (C=O) groups is 2. The highest BCUT2D eigenvalue weighted by molar-refractivity contribution is 7.92. The minimum absolute atomic E-state index is 0.0170. The number of carbonyl (C=O) groups excluding carboxylic acids is 2. The fourth-order valence-corrected chi connectivity index (χ4v) is 5.39. The Hall–Kier alpha value is -3.07. The van der Waals surface area contributed by atoms with Gasteiger partial charge in [0.05, 0.1) is 20.6 Å². The van der Waals surface area contributed by atoms with Crippen LogP contribution in [0.1, 0.15) is 25.0 Å². The smallest absolute Gasteiger partial charge is 0.264 e. The minimum atomic E-state index is -4.17. The number of nitrogens with zero attached hydrogens (tertiary/aromatic N) is 2. The van der Waals surface area contributed by atoms with Crippen LogP contribution >= 0.6 is 23.2 Å². The summed E-state index contributed by atoms with van der Waals surface area (Å²) in [7, 11) is -4.17. The lowest BCUT2D eigenvalue weighted by molar-refractivity contribution is -0.139. The number of hydrogen-bond donors (Lipinski definition) is 1. The summed E-state index contributed by atoms with van der Waals surface area (Å²) in [6.45, 7) is 5.22. The molecule has 10 heteroatoms. The molecule has 3 aromatic carbocycles. The summed E-state index contributed by atoms with van der Waals surface area (Å²) in [5, 5.41) is 3.13. The molecule has 0 saturated carbocycles. The summed E-state index contributed by atoms with van der Waals surface area (Å²) < 4.78 is 28.5. The fraction of sp³-hybridized carbons (Fsp3) is 0.259. The molecule has 0 aliphatic carbocycles. The maximum atomic E-state index is 13.8. The zero-order valence-electron chi connectivity index (χ0n) is 20.8. The molecular formula is C27H29Cl2N3O4S. The Morgan fingerprint density at radius 2 is 1.59 bits per heavy atom. The Kier molecular flexibility index (Phi) is 9.59. The third-order valence-corrected chi connectivity index (χ3v) is 8.32. The molecule has 0 fully saturated rings. The highest BCUT2D eigenvalue weighted by Crippen LogP contribution is 2.31. The highest BCUT2D eigenvalue weighted by atomic mass is 35.5. The molecule has 0 bridgehead atoms. The minimum Gasteiger partial charge on any atom is -0.355 e. The van der Waals surface area contributed by atoms with Gasteiger partial charge in [-0.1, -0.05) is 71.2 Å². The van der Waals surface area contributed by atoms with Crippen molar-refractivity contribution < 1.29 is 18.0 Å². The van der Waals surface area contributed by atoms with Crippen LogP contribution in [-0.4, -0.2) is 44.3 Å². The first-order chi connectivity index (χ1) is 17.5. The predicted octanol–water partition coefficient (Wildman–Crippen LogP) is 5.05. The second-order valence-corrected chi connectivity index (χ2v) is 11.2. The first-order valence-electron chi connectivity index (χ1n) is 11.7. The SMILES string of the molecule is CCNC(=O)[C@H](C)N(Cc1ccccc1)C(=O)CN(c1ccc(Cl)c(Cl)c1)S(=O)(=O)c1ccc(C)cc1. The van der Waals surface area contributed by atoms with Gasteiger partial charge in [0.15, 0.2) is 0 Å². The predicted molar refractivity (Wildman–Crippen MR) is 147 cm³/mol. The van der Waals surface area contributed by atoms with E-state index in [0.29, 0.717) is 6.54 Å². The van der Waals surface area contributed by atoms with E-state index < -0.39 is 28.5 Å². The molecule has 0 aliphatic rings. The van der Waals surface area contributed by atoms with Crippen LogP contribution in [0.3, 0.4) is 0 Å². The van der Waals surface area contributed by atoms with Crippen molar-refractivity contribution in [1.82, 2.24) is 10.2 Å². The normalized spacial score (nSPS) is 12.0. The fourth-order valence-electron chi connectivity index (χ4n) is 3.69. The number of rotatable bonds is 10. The molecule has 0 unspecified atom stereocenters. The Labute approximate surface area is 228 Å². The molecule has 7 nitrogen and oxygen atoms in total. The number of amides is 2. The first kappa shape index (κ1) is 28.5. The van der Waals surface area contributed by atoms with Crippen LogP contribution in [0.5, 0.6) is 0 Å². The van der Waals surface area contributed by atoms with Gasteiger partial charge in [0, 0.05) is 13.1 Å². The Morgan fingerprint density at radius 1 is 0.946 bits per heavy atom. The molecule has 0 aromatic heterocycles. The van der Waals surface area contributed by atoms with Crippen molar-refractivity contribution in [3.05, 3.63) is 94.0 Å². The number of halogens is 2. The summed E-state index contributed by atoms with van der Waals surface area (Å²) in [4.78, 5) is 27.8. The molecule has 0 radical (unpaired) electrons. The molecule has 0 aliphatic heterocycles. The number of hydrogen-bond acceptors (Lipinski definition) is 4. The van der Waals surface area contributed by atoms with Crippen LogP contribution in [0.2, 0.25) is 10.0 Å². The van der Waals surface area contributed by atoms with Crippen LogP contribution in [-0.2, 0) is 26.2 Å². The zero-order valence-corrected chi connectivity index (χ0v) is 23.1. The zero-order chi connectivity index (χ0) is 27.2. The van der Waals surface area contributed by atoms with Crippen molar-refractivity contribution in [2.24, 2.45) is 0 Å². The van der Waals surface area contributed by atoms with Crippen LogP contribution in [0.4, 0.5) is 5.69 Å². The van der Waals surface area contributed by atoms with Gasteiger partial charge in [-0.15, -0.1) is 0 Å². The first-order valence-corrected chi connectivity index (χ1v) is 13.9. The summed E-state index contributed by atoms with van der Waals surface area (Å²) in [5.74, 6) is -0.890. The van der Waals surface area contributed by atoms with Gasteiger partial charge in [-0.05, 0) is 56.7 Å². The molecular weight excluding hydrogens is 533 g/mol. The van der Waals surface area contributed by atoms with Gasteiger partial charge in [0.1, 0.15) is 12.6 Å². The summed E-state index contributed by atoms with van der Waals surface area (Å²) in [6, 6.07) is 19.0. The van der Waals surface area contributed by atoms with E-state index in [1.165, 1.54) is 35.2 Å². The number of sulfonamides is 1. The van der Waals surface area contributed by atoms with Crippen LogP contribution < -0.4 is 9.62 Å². The number of anilines is 1. The van der Waals surface area contributed by atoms with Crippen LogP contribution in [0.25, 0.3) is 0 Å². The van der Waals surface area contributed by atoms with Crippen molar-refractivity contribution in [1.29, 1.82) is 0 Å². The highest BCUT2D eigenvalue weighted by Gasteiger charge is 2.32. The molecule has 1 N–H and O–H groups in total. The number of aryl methyl sites for hydroxylation is 1. The quantitative estimate of drug-likeness (QED) is 0.375. The molecule has 37 heavy (non-hydrogen) atoms. The van der Waals surface area contributed by atoms with E-state index in [-0.39, 0.29) is 33.1 Å². The number of benzene rings is 3. The topological polar surface area (TPSA) is 86.8 Å². The van der Waals surface area contributed by atoms with E-state index >= 15 is 0 Å². The van der Waals surface area contributed by atoms with E-state index in [2.05, 4.69) is 5.32 Å². The molecule has 0 heterocycles. The van der Waals surface area contributed by atoms with Gasteiger partial charge in [-0.3, -0.25) is 13.9 Å². The summed E-state index contributed by atoms with van der Waals surface area (Å²) >= 11 is 12.3. The lowest BCUT2D eigenvalue weighted by Crippen LogP contribution is -2.51. The van der Waals surface area contributed by atoms with Gasteiger partial charge in [0.25, 0.3) is 10.0 Å². The second-order valence-electron chi connectivity index (χ2n) is 8.50. The third-order valence-electron chi connectivity index (χ3n) is 5.79. The largest absolute Gasteiger partial charge is 0.355 e. The molecule has 0 saturated heterocycles. The van der Waals surface area contributed by atoms with Gasteiger partial charge in [-0.2, -0.15) is 0 Å². The van der Waals surface area contributed by atoms with E-state index in [1.54, 1.807) is 26.0 Å². The standard InChI is InChI=1S/C27H29Cl2N3O4S/c1-4-30-27(34)20(3)31(17-21-8-6-5-7-9-21)26(33)18-32(22-12-15-24(28)25(29)16-22)37(35,36)23-13-10-19(2)11-14-23/h5-16,20H,4,17-18H2,1-3H3,(H,30,34)/t20-/m0/s1. The third kappa shape index (κ3) is 7.03. The Morgan fingerprint density at radius 3 is 2.19 bits per heavy atom. The van der Waals surface area contributed by atoms with Crippen molar-refractivity contribution in [3.63, 3.8) is 0 Å². The van der Waals surface area contributed by atoms with Gasteiger partial charge in [-0.25, -0.2) is 8.42 Å². The van der Waals surface area contributed by atoms with Gasteiger partial charge in [0.2, 0.25) is 11.8 Å². The lowest BCUT2D eigenvalue weighted by Gasteiger charge is -2.32. The Balaban J connectivity index is 2.04. The molecule has 0 spiro atoms. The number of nitrogens with one attached hydrogen (secondary N) is 1. The van der Waals surface area contributed by atoms with Gasteiger partial charge < -0.3 is 10.2 Å². The van der Waals surface area contributed by atoms with Crippen molar-refractivity contribution in [2.45, 2.75) is 38.3 Å². The van der Waals surface area contributed by atoms with Gasteiger partial charge >= 0.3 is 0 Å². The average molecular weight is 563 g/mol. The molecule has 1 atom stereocenters. The lowest BCUT2D eigenvalue weighted by atomic mass is 10.1. The van der Waals surface area contributed by atoms with E-state index in [4.69, 9.17) is 23.2 Å². The van der Waals surface area contributed by atoms with E-state index in [0.717, 1.165) is 15.4 Å². The monoisotopic (exact) mass is 561 g/mol. The van der Waals surface area contributed by atoms with E-state index in [9.17, 15) is 18.0 Å². The van der Waals surface area contributed by atoms with E-state index in [1.807, 2.05) is 37.3 Å². The second kappa shape index (κ2) is 12.4. The van der Waals surface area contributed by atoms with Crippen molar-refractivity contribution in [3.8, 4) is 0 Å². The summed E-state index contributed by atoms with van der Waals surface area (Å²) in [6.07, 6.45) is 0.